The number of rotatable bonds is 77. The van der Waals surface area contributed by atoms with Gasteiger partial charge in [-0.25, -0.2) is 0 Å². The summed E-state index contributed by atoms with van der Waals surface area (Å²) in [7, 11) is 0. The Morgan fingerprint density at radius 1 is 0.307 bits per heavy atom. The first-order valence-corrected chi connectivity index (χ1v) is 40.6. The maximum Gasteiger partial charge on any atom is 0.305 e. The molecule has 0 heterocycles. The van der Waals surface area contributed by atoms with Gasteiger partial charge in [-0.15, -0.1) is 0 Å². The molecule has 0 bridgehead atoms. The van der Waals surface area contributed by atoms with E-state index in [-0.39, 0.29) is 18.5 Å². The summed E-state index contributed by atoms with van der Waals surface area (Å²) in [5, 5.41) is 23.4. The van der Waals surface area contributed by atoms with Crippen LogP contribution in [0.2, 0.25) is 0 Å². The minimum absolute atomic E-state index is 0.0209. The van der Waals surface area contributed by atoms with Gasteiger partial charge < -0.3 is 20.3 Å². The standard InChI is InChI=1S/C82H159NO5/c1-3-5-7-9-11-13-15-17-19-21-39-44-48-52-56-60-64-68-72-76-82(87)88-77-73-69-65-61-57-53-49-45-41-38-36-34-32-30-28-26-24-22-23-25-27-29-31-33-35-37-40-43-47-51-55-59-63-67-71-75-81(86)83-79(78-84)80(85)74-70-66-62-58-54-50-46-42-20-18-16-14-12-10-8-6-4-2/h17,19,24,26,79-80,84-85H,3-16,18,20-23,25,27-78H2,1-2H3,(H,83,86)/b19-17-,26-24-. The third kappa shape index (κ3) is 73.4. The number of carbonyl (C=O) groups is 2. The Balaban J connectivity index is 3.32. The highest BCUT2D eigenvalue weighted by atomic mass is 16.5. The number of unbranched alkanes of at least 4 members (excludes halogenated alkanes) is 62. The van der Waals surface area contributed by atoms with Crippen LogP contribution in [0.25, 0.3) is 0 Å². The summed E-state index contributed by atoms with van der Waals surface area (Å²) in [6.45, 7) is 5.00. The molecule has 0 aliphatic rings. The maximum absolute atomic E-state index is 12.5. The van der Waals surface area contributed by atoms with Crippen molar-refractivity contribution in [2.45, 2.75) is 475 Å². The lowest BCUT2D eigenvalue weighted by Gasteiger charge is -2.22. The molecular weight excluding hydrogens is 1080 g/mol. The average Bonchev–Trinajstić information content (AvgIpc) is 3.58. The Morgan fingerprint density at radius 2 is 0.534 bits per heavy atom. The summed E-state index contributed by atoms with van der Waals surface area (Å²) in [5.74, 6) is -0.00615. The van der Waals surface area contributed by atoms with Crippen LogP contribution < -0.4 is 5.32 Å². The van der Waals surface area contributed by atoms with Crippen LogP contribution in [0.3, 0.4) is 0 Å². The van der Waals surface area contributed by atoms with Crippen LogP contribution in [0.1, 0.15) is 463 Å². The van der Waals surface area contributed by atoms with Crippen LogP contribution in [0.5, 0.6) is 0 Å². The Kier molecular flexibility index (Phi) is 76.3. The third-order valence-electron chi connectivity index (χ3n) is 19.2. The smallest absolute Gasteiger partial charge is 0.305 e. The summed E-state index contributed by atoms with van der Waals surface area (Å²) in [6.07, 6.45) is 100.0. The van der Waals surface area contributed by atoms with Crippen molar-refractivity contribution in [3.05, 3.63) is 24.3 Å². The number of carbonyl (C=O) groups excluding carboxylic acids is 2. The minimum atomic E-state index is -0.662. The summed E-state index contributed by atoms with van der Waals surface area (Å²) in [6, 6.07) is -0.539. The molecule has 0 aromatic carbocycles. The molecule has 0 aromatic rings. The topological polar surface area (TPSA) is 95.9 Å². The second-order valence-electron chi connectivity index (χ2n) is 28.1. The van der Waals surface area contributed by atoms with Crippen LogP contribution >= 0.6 is 0 Å². The van der Waals surface area contributed by atoms with E-state index in [1.54, 1.807) is 0 Å². The van der Waals surface area contributed by atoms with Crippen molar-refractivity contribution in [1.82, 2.24) is 5.32 Å². The molecule has 2 atom stereocenters. The number of aliphatic hydroxyl groups excluding tert-OH is 2. The molecule has 0 radical (unpaired) electrons. The van der Waals surface area contributed by atoms with E-state index in [9.17, 15) is 19.8 Å². The molecule has 0 rings (SSSR count). The van der Waals surface area contributed by atoms with E-state index in [0.717, 1.165) is 38.5 Å². The molecule has 88 heavy (non-hydrogen) atoms. The number of nitrogens with one attached hydrogen (secondary N) is 1. The number of ether oxygens (including phenoxy) is 1. The fourth-order valence-electron chi connectivity index (χ4n) is 13.0. The molecule has 0 aliphatic carbocycles. The summed E-state index contributed by atoms with van der Waals surface area (Å²) < 4.78 is 5.52. The van der Waals surface area contributed by atoms with Gasteiger partial charge in [-0.1, -0.05) is 398 Å². The number of esters is 1. The Labute approximate surface area is 551 Å². The first-order valence-electron chi connectivity index (χ1n) is 40.6. The Morgan fingerprint density at radius 3 is 0.807 bits per heavy atom. The van der Waals surface area contributed by atoms with Gasteiger partial charge in [-0.05, 0) is 77.0 Å². The molecule has 2 unspecified atom stereocenters. The lowest BCUT2D eigenvalue weighted by Crippen LogP contribution is -2.45. The zero-order valence-corrected chi connectivity index (χ0v) is 60.0. The molecule has 522 valence electrons. The normalized spacial score (nSPS) is 12.5. The Hall–Kier alpha value is -1.66. The fraction of sp³-hybridized carbons (Fsp3) is 0.927. The van der Waals surface area contributed by atoms with Crippen molar-refractivity contribution in [2.24, 2.45) is 0 Å². The predicted octanol–water partition coefficient (Wildman–Crippen LogP) is 26.8. The van der Waals surface area contributed by atoms with Crippen molar-refractivity contribution in [2.75, 3.05) is 13.2 Å². The van der Waals surface area contributed by atoms with E-state index in [4.69, 9.17) is 4.74 Å². The van der Waals surface area contributed by atoms with Crippen LogP contribution in [0, 0.1) is 0 Å². The molecule has 0 saturated carbocycles. The van der Waals surface area contributed by atoms with Crippen molar-refractivity contribution in [3.63, 3.8) is 0 Å². The number of hydrogen-bond donors (Lipinski definition) is 3. The highest BCUT2D eigenvalue weighted by Crippen LogP contribution is 2.20. The minimum Gasteiger partial charge on any atom is -0.466 e. The SMILES string of the molecule is CCCCCCCC/C=C\CCCCCCCCCCCC(=O)OCCCCCCCCCCCCCCCC/C=C\CCCCCCCCCCCCCCCCCCCC(=O)NC(CO)C(O)CCCCCCCCCCCCCCCCCCC. The van der Waals surface area contributed by atoms with Crippen LogP contribution in [0.4, 0.5) is 0 Å². The monoisotopic (exact) mass is 1240 g/mol. The summed E-state index contributed by atoms with van der Waals surface area (Å²) >= 11 is 0. The van der Waals surface area contributed by atoms with Crippen LogP contribution in [0.15, 0.2) is 24.3 Å². The van der Waals surface area contributed by atoms with E-state index in [1.807, 2.05) is 0 Å². The molecule has 6 heteroatoms. The van der Waals surface area contributed by atoms with Crippen LogP contribution in [-0.4, -0.2) is 47.4 Å². The van der Waals surface area contributed by atoms with Gasteiger partial charge in [0.1, 0.15) is 0 Å². The van der Waals surface area contributed by atoms with Gasteiger partial charge in [0.05, 0.1) is 25.4 Å². The molecule has 6 nitrogen and oxygen atoms in total. The van der Waals surface area contributed by atoms with Gasteiger partial charge in [0, 0.05) is 12.8 Å². The maximum atomic E-state index is 12.5. The molecule has 0 aromatic heterocycles. The highest BCUT2D eigenvalue weighted by molar-refractivity contribution is 5.76. The summed E-state index contributed by atoms with van der Waals surface area (Å²) in [5.41, 5.74) is 0. The van der Waals surface area contributed by atoms with Gasteiger partial charge in [-0.2, -0.15) is 0 Å². The third-order valence-corrected chi connectivity index (χ3v) is 19.2. The molecular formula is C82H159NO5. The van der Waals surface area contributed by atoms with Crippen molar-refractivity contribution >= 4 is 11.9 Å². The lowest BCUT2D eigenvalue weighted by atomic mass is 10.0. The quantitative estimate of drug-likeness (QED) is 0.0320. The molecule has 1 amide bonds. The zero-order valence-electron chi connectivity index (χ0n) is 60.0. The molecule has 0 aliphatic heterocycles. The van der Waals surface area contributed by atoms with Crippen molar-refractivity contribution < 1.29 is 24.5 Å². The number of hydrogen-bond acceptors (Lipinski definition) is 5. The first-order chi connectivity index (χ1) is 43.5. The van der Waals surface area contributed by atoms with E-state index >= 15 is 0 Å². The molecule has 0 spiro atoms. The lowest BCUT2D eigenvalue weighted by molar-refractivity contribution is -0.143. The van der Waals surface area contributed by atoms with Crippen molar-refractivity contribution in [1.29, 1.82) is 0 Å². The number of amides is 1. The van der Waals surface area contributed by atoms with E-state index in [1.165, 1.54) is 392 Å². The highest BCUT2D eigenvalue weighted by Gasteiger charge is 2.20. The molecule has 0 fully saturated rings. The fourth-order valence-corrected chi connectivity index (χ4v) is 13.0. The van der Waals surface area contributed by atoms with Gasteiger partial charge >= 0.3 is 5.97 Å². The van der Waals surface area contributed by atoms with E-state index < -0.39 is 12.1 Å². The van der Waals surface area contributed by atoms with Gasteiger partial charge in [0.25, 0.3) is 0 Å². The second kappa shape index (κ2) is 77.8. The predicted molar refractivity (Wildman–Crippen MR) is 389 cm³/mol. The average molecular weight is 1240 g/mol. The molecule has 0 saturated heterocycles. The van der Waals surface area contributed by atoms with Gasteiger partial charge in [0.2, 0.25) is 5.91 Å². The number of allylic oxidation sites excluding steroid dienone is 4. The van der Waals surface area contributed by atoms with Gasteiger partial charge in [0.15, 0.2) is 0 Å². The summed E-state index contributed by atoms with van der Waals surface area (Å²) in [4.78, 5) is 24.7. The second-order valence-corrected chi connectivity index (χ2v) is 28.1. The first kappa shape index (κ1) is 86.3. The largest absolute Gasteiger partial charge is 0.466 e. The van der Waals surface area contributed by atoms with E-state index in [0.29, 0.717) is 25.9 Å². The Bertz CT molecular complexity index is 1380. The zero-order chi connectivity index (χ0) is 63.5. The van der Waals surface area contributed by atoms with Crippen molar-refractivity contribution in [3.8, 4) is 0 Å². The van der Waals surface area contributed by atoms with Crippen LogP contribution in [-0.2, 0) is 14.3 Å². The molecule has 3 N–H and O–H groups in total. The van der Waals surface area contributed by atoms with Gasteiger partial charge in [-0.3, -0.25) is 9.59 Å². The number of aliphatic hydroxyl groups is 2. The van der Waals surface area contributed by atoms with E-state index in [2.05, 4.69) is 43.5 Å².